The largest absolute Gasteiger partial charge is 0.480 e. The summed E-state index contributed by atoms with van der Waals surface area (Å²) in [5.41, 5.74) is 0. The predicted molar refractivity (Wildman–Crippen MR) is 60.2 cm³/mol. The molecule has 0 aliphatic carbocycles. The van der Waals surface area contributed by atoms with Crippen molar-refractivity contribution in [2.45, 2.75) is 32.7 Å². The third kappa shape index (κ3) is 3.20. The summed E-state index contributed by atoms with van der Waals surface area (Å²) >= 11 is 0. The molecule has 5 heteroatoms. The van der Waals surface area contributed by atoms with Gasteiger partial charge in [-0.2, -0.15) is 0 Å². The molecular weight excluding hydrogens is 208 g/mol. The molecule has 1 fully saturated rings. The fourth-order valence-electron chi connectivity index (χ4n) is 2.15. The zero-order valence-corrected chi connectivity index (χ0v) is 9.98. The van der Waals surface area contributed by atoms with E-state index in [1.165, 1.54) is 0 Å². The Morgan fingerprint density at radius 3 is 2.44 bits per heavy atom. The lowest BCUT2D eigenvalue weighted by molar-refractivity contribution is -0.143. The van der Waals surface area contributed by atoms with Crippen LogP contribution in [0.3, 0.4) is 0 Å². The van der Waals surface area contributed by atoms with Crippen LogP contribution in [0.1, 0.15) is 26.7 Å². The first-order chi connectivity index (χ1) is 7.56. The molecule has 0 saturated carbocycles. The van der Waals surface area contributed by atoms with Gasteiger partial charge in [0.15, 0.2) is 0 Å². The van der Waals surface area contributed by atoms with Crippen molar-refractivity contribution in [3.8, 4) is 0 Å². The topological polar surface area (TPSA) is 60.9 Å². The summed E-state index contributed by atoms with van der Waals surface area (Å²) in [5, 5.41) is 9.07. The molecule has 1 heterocycles. The number of carbonyl (C=O) groups excluding carboxylic acids is 1. The maximum Gasteiger partial charge on any atom is 0.320 e. The average molecular weight is 228 g/mol. The summed E-state index contributed by atoms with van der Waals surface area (Å²) < 4.78 is 0. The molecule has 1 unspecified atom stereocenters. The third-order valence-corrected chi connectivity index (χ3v) is 3.09. The molecule has 0 aromatic carbocycles. The molecule has 1 amide bonds. The minimum Gasteiger partial charge on any atom is -0.480 e. The summed E-state index contributed by atoms with van der Waals surface area (Å²) in [7, 11) is 0. The molecule has 1 aliphatic rings. The normalized spacial score (nSPS) is 20.2. The molecule has 1 saturated heterocycles. The van der Waals surface area contributed by atoms with Crippen molar-refractivity contribution in [3.63, 3.8) is 0 Å². The number of amides is 1. The van der Waals surface area contributed by atoms with Crippen LogP contribution in [0.15, 0.2) is 0 Å². The summed E-state index contributed by atoms with van der Waals surface area (Å²) in [6, 6.07) is -0.410. The van der Waals surface area contributed by atoms with Gasteiger partial charge in [-0.1, -0.05) is 6.92 Å². The fourth-order valence-corrected chi connectivity index (χ4v) is 2.15. The van der Waals surface area contributed by atoms with Crippen molar-refractivity contribution >= 4 is 11.9 Å². The first-order valence-electron chi connectivity index (χ1n) is 5.78. The second kappa shape index (κ2) is 5.84. The van der Waals surface area contributed by atoms with Crippen molar-refractivity contribution in [1.82, 2.24) is 9.80 Å². The number of carbonyl (C=O) groups is 2. The molecule has 0 spiro atoms. The molecule has 0 aromatic rings. The van der Waals surface area contributed by atoms with E-state index in [0.717, 1.165) is 19.5 Å². The Morgan fingerprint density at radius 2 is 1.94 bits per heavy atom. The van der Waals surface area contributed by atoms with Gasteiger partial charge in [0.05, 0.1) is 0 Å². The highest BCUT2D eigenvalue weighted by atomic mass is 16.4. The summed E-state index contributed by atoms with van der Waals surface area (Å²) in [5.74, 6) is -0.691. The number of hydrogen-bond acceptors (Lipinski definition) is 3. The minimum absolute atomic E-state index is 0.0743. The van der Waals surface area contributed by atoms with Crippen molar-refractivity contribution in [2.24, 2.45) is 0 Å². The number of carboxylic acid groups (broad SMARTS) is 1. The van der Waals surface area contributed by atoms with Gasteiger partial charge in [0.1, 0.15) is 6.04 Å². The molecular formula is C11H20N2O3. The molecule has 92 valence electrons. The highest BCUT2D eigenvalue weighted by Gasteiger charge is 2.26. The van der Waals surface area contributed by atoms with E-state index in [1.807, 2.05) is 11.8 Å². The average Bonchev–Trinajstić information content (AvgIpc) is 2.44. The van der Waals surface area contributed by atoms with Crippen LogP contribution in [0, 0.1) is 0 Å². The quantitative estimate of drug-likeness (QED) is 0.759. The lowest BCUT2D eigenvalue weighted by Crippen LogP contribution is -2.43. The zero-order chi connectivity index (χ0) is 12.1. The Bertz CT molecular complexity index is 268. The lowest BCUT2D eigenvalue weighted by Gasteiger charge is -2.26. The highest BCUT2D eigenvalue weighted by molar-refractivity contribution is 5.74. The molecule has 0 aromatic heterocycles. The Labute approximate surface area is 96.0 Å². The fraction of sp³-hybridized carbons (Fsp3) is 0.818. The maximum atomic E-state index is 11.2. The van der Waals surface area contributed by atoms with E-state index in [1.54, 1.807) is 11.8 Å². The molecule has 16 heavy (non-hydrogen) atoms. The van der Waals surface area contributed by atoms with E-state index in [2.05, 4.69) is 0 Å². The Hall–Kier alpha value is -1.10. The molecule has 1 N–H and O–H groups in total. The number of aliphatic carboxylic acids is 1. The van der Waals surface area contributed by atoms with Gasteiger partial charge in [-0.3, -0.25) is 14.5 Å². The van der Waals surface area contributed by atoms with Crippen LogP contribution in [-0.2, 0) is 9.59 Å². The summed E-state index contributed by atoms with van der Waals surface area (Å²) in [6.07, 6.45) is 1.46. The first-order valence-corrected chi connectivity index (χ1v) is 5.78. The van der Waals surface area contributed by atoms with Crippen LogP contribution in [-0.4, -0.2) is 59.0 Å². The maximum absolute atomic E-state index is 11.2. The monoisotopic (exact) mass is 228 g/mol. The highest BCUT2D eigenvalue weighted by Crippen LogP contribution is 2.10. The van der Waals surface area contributed by atoms with Crippen LogP contribution in [0.25, 0.3) is 0 Å². The number of hydrogen-bond donors (Lipinski definition) is 1. The van der Waals surface area contributed by atoms with Crippen molar-refractivity contribution in [1.29, 1.82) is 0 Å². The number of rotatable bonds is 3. The van der Waals surface area contributed by atoms with Crippen molar-refractivity contribution < 1.29 is 14.7 Å². The number of carboxylic acids is 1. The van der Waals surface area contributed by atoms with Crippen LogP contribution >= 0.6 is 0 Å². The smallest absolute Gasteiger partial charge is 0.320 e. The van der Waals surface area contributed by atoms with Crippen LogP contribution < -0.4 is 0 Å². The summed E-state index contributed by atoms with van der Waals surface area (Å²) in [4.78, 5) is 26.0. The van der Waals surface area contributed by atoms with Crippen LogP contribution in [0.2, 0.25) is 0 Å². The Balaban J connectivity index is 2.58. The SMILES string of the molecule is CCC(C(=O)O)N1CCCN(C(C)=O)CC1. The van der Waals surface area contributed by atoms with Gasteiger partial charge >= 0.3 is 5.97 Å². The Morgan fingerprint density at radius 1 is 1.25 bits per heavy atom. The van der Waals surface area contributed by atoms with Crippen LogP contribution in [0.5, 0.6) is 0 Å². The van der Waals surface area contributed by atoms with E-state index in [4.69, 9.17) is 5.11 Å². The van der Waals surface area contributed by atoms with E-state index in [9.17, 15) is 9.59 Å². The summed E-state index contributed by atoms with van der Waals surface area (Å²) in [6.45, 7) is 6.23. The predicted octanol–water partition coefficient (Wildman–Crippen LogP) is 0.404. The van der Waals surface area contributed by atoms with Gasteiger partial charge < -0.3 is 10.0 Å². The molecule has 0 bridgehead atoms. The van der Waals surface area contributed by atoms with Crippen molar-refractivity contribution in [3.05, 3.63) is 0 Å². The zero-order valence-electron chi connectivity index (χ0n) is 9.98. The molecule has 5 nitrogen and oxygen atoms in total. The third-order valence-electron chi connectivity index (χ3n) is 3.09. The second-order valence-electron chi connectivity index (χ2n) is 4.16. The molecule has 1 aliphatic heterocycles. The van der Waals surface area contributed by atoms with Gasteiger partial charge in [-0.15, -0.1) is 0 Å². The molecule has 1 rings (SSSR count). The Kier molecular flexibility index (Phi) is 4.73. The first kappa shape index (κ1) is 13.0. The van der Waals surface area contributed by atoms with Gasteiger partial charge in [0.25, 0.3) is 0 Å². The van der Waals surface area contributed by atoms with Gasteiger partial charge in [0, 0.05) is 33.1 Å². The van der Waals surface area contributed by atoms with Gasteiger partial charge in [-0.05, 0) is 12.8 Å². The van der Waals surface area contributed by atoms with Crippen LogP contribution in [0.4, 0.5) is 0 Å². The van der Waals surface area contributed by atoms with E-state index < -0.39 is 12.0 Å². The standard InChI is InChI=1S/C11H20N2O3/c1-3-10(11(15)16)13-6-4-5-12(7-8-13)9(2)14/h10H,3-8H2,1-2H3,(H,15,16). The van der Waals surface area contributed by atoms with Gasteiger partial charge in [0.2, 0.25) is 5.91 Å². The van der Waals surface area contributed by atoms with Gasteiger partial charge in [-0.25, -0.2) is 0 Å². The molecule has 0 radical (unpaired) electrons. The van der Waals surface area contributed by atoms with E-state index in [-0.39, 0.29) is 5.91 Å². The van der Waals surface area contributed by atoms with E-state index in [0.29, 0.717) is 19.5 Å². The number of nitrogens with zero attached hydrogens (tertiary/aromatic N) is 2. The second-order valence-corrected chi connectivity index (χ2v) is 4.16. The molecule has 1 atom stereocenters. The lowest BCUT2D eigenvalue weighted by atomic mass is 10.2. The van der Waals surface area contributed by atoms with E-state index >= 15 is 0 Å². The van der Waals surface area contributed by atoms with Crippen molar-refractivity contribution in [2.75, 3.05) is 26.2 Å². The minimum atomic E-state index is -0.765.